The number of nitrogens with zero attached hydrogens (tertiary/aromatic N) is 2. The van der Waals surface area contributed by atoms with Gasteiger partial charge in [-0.25, -0.2) is 4.98 Å². The zero-order valence-corrected chi connectivity index (χ0v) is 5.70. The molecule has 49 valence electrons. The van der Waals surface area contributed by atoms with Gasteiger partial charge in [-0.1, -0.05) is 0 Å². The first-order chi connectivity index (χ1) is 4.88. The van der Waals surface area contributed by atoms with E-state index in [1.54, 1.807) is 0 Å². The molecular formula is C8H7N2. The number of pyridine rings is 1. The maximum absolute atomic E-state index is 4.13. The van der Waals surface area contributed by atoms with Crippen LogP contribution in [0.15, 0.2) is 24.5 Å². The van der Waals surface area contributed by atoms with Crippen molar-refractivity contribution in [2.75, 3.05) is 0 Å². The van der Waals surface area contributed by atoms with Gasteiger partial charge >= 0.3 is 0 Å². The Bertz CT molecular complexity index is 349. The van der Waals surface area contributed by atoms with E-state index in [1.165, 1.54) is 0 Å². The molecule has 0 saturated heterocycles. The van der Waals surface area contributed by atoms with Crippen molar-refractivity contribution < 1.29 is 0 Å². The highest BCUT2D eigenvalue weighted by Gasteiger charge is 1.93. The van der Waals surface area contributed by atoms with Crippen molar-refractivity contribution in [1.29, 1.82) is 0 Å². The Labute approximate surface area is 59.1 Å². The number of hydrogen-bond acceptors (Lipinski definition) is 1. The van der Waals surface area contributed by atoms with E-state index in [0.717, 1.165) is 11.3 Å². The minimum absolute atomic E-state index is 0.889. The molecule has 0 N–H and O–H groups in total. The first-order valence-corrected chi connectivity index (χ1v) is 3.18. The van der Waals surface area contributed by atoms with Crippen LogP contribution in [0.3, 0.4) is 0 Å². The summed E-state index contributed by atoms with van der Waals surface area (Å²) in [5.74, 6) is 0. The number of fused-ring (bicyclic) bond motifs is 1. The molecule has 2 heteroatoms. The van der Waals surface area contributed by atoms with Crippen LogP contribution in [-0.4, -0.2) is 9.38 Å². The molecule has 0 amide bonds. The third-order valence-corrected chi connectivity index (χ3v) is 1.53. The van der Waals surface area contributed by atoms with Crippen LogP contribution in [0.25, 0.3) is 5.65 Å². The highest BCUT2D eigenvalue weighted by molar-refractivity contribution is 5.37. The maximum Gasteiger partial charge on any atom is 0.144 e. The summed E-state index contributed by atoms with van der Waals surface area (Å²) in [6, 6.07) is 6.83. The van der Waals surface area contributed by atoms with Crippen LogP contribution < -0.4 is 0 Å². The molecule has 0 aromatic carbocycles. The van der Waals surface area contributed by atoms with Gasteiger partial charge in [-0.05, 0) is 19.1 Å². The maximum atomic E-state index is 4.13. The van der Waals surface area contributed by atoms with E-state index in [2.05, 4.69) is 11.1 Å². The molecule has 2 nitrogen and oxygen atoms in total. The lowest BCUT2D eigenvalue weighted by atomic mass is 10.4. The summed E-state index contributed by atoms with van der Waals surface area (Å²) in [6.45, 7) is 2.02. The summed E-state index contributed by atoms with van der Waals surface area (Å²) in [5, 5.41) is 0. The molecule has 2 aromatic heterocycles. The van der Waals surface area contributed by atoms with E-state index in [4.69, 9.17) is 0 Å². The SMILES string of the molecule is Cc1cnc2[c]cccn12. The Morgan fingerprint density at radius 3 is 3.30 bits per heavy atom. The molecule has 0 aliphatic carbocycles. The van der Waals surface area contributed by atoms with Crippen molar-refractivity contribution >= 4 is 5.65 Å². The molecule has 10 heavy (non-hydrogen) atoms. The van der Waals surface area contributed by atoms with Gasteiger partial charge in [0.1, 0.15) is 5.65 Å². The second kappa shape index (κ2) is 1.84. The molecule has 0 unspecified atom stereocenters. The van der Waals surface area contributed by atoms with Crippen LogP contribution in [0.1, 0.15) is 5.69 Å². The van der Waals surface area contributed by atoms with Crippen LogP contribution in [-0.2, 0) is 0 Å². The molecule has 0 bridgehead atoms. The van der Waals surface area contributed by atoms with Crippen molar-refractivity contribution in [2.24, 2.45) is 0 Å². The summed E-state index contributed by atoms with van der Waals surface area (Å²) in [7, 11) is 0. The van der Waals surface area contributed by atoms with Gasteiger partial charge in [0.25, 0.3) is 0 Å². The normalized spacial score (nSPS) is 10.5. The summed E-state index contributed by atoms with van der Waals surface area (Å²) >= 11 is 0. The Kier molecular flexibility index (Phi) is 1.01. The molecule has 2 rings (SSSR count). The third-order valence-electron chi connectivity index (χ3n) is 1.53. The average Bonchev–Trinajstić information content (AvgIpc) is 2.34. The summed E-state index contributed by atoms with van der Waals surface area (Å²) < 4.78 is 2.00. The fourth-order valence-corrected chi connectivity index (χ4v) is 0.993. The smallest absolute Gasteiger partial charge is 0.144 e. The molecule has 1 radical (unpaired) electrons. The Morgan fingerprint density at radius 2 is 2.50 bits per heavy atom. The van der Waals surface area contributed by atoms with Gasteiger partial charge in [0, 0.05) is 24.2 Å². The zero-order chi connectivity index (χ0) is 6.97. The fourth-order valence-electron chi connectivity index (χ4n) is 0.993. The molecule has 0 fully saturated rings. The second-order valence-corrected chi connectivity index (χ2v) is 2.25. The standard InChI is InChI=1S/C8H7N2/c1-7-6-9-8-4-2-3-5-10(7)8/h2-3,5-6H,1H3. The number of rotatable bonds is 0. The third kappa shape index (κ3) is 0.620. The summed E-state index contributed by atoms with van der Waals surface area (Å²) in [4.78, 5) is 4.13. The summed E-state index contributed by atoms with van der Waals surface area (Å²) in [5.41, 5.74) is 2.03. The van der Waals surface area contributed by atoms with Crippen LogP contribution in [0.5, 0.6) is 0 Å². The van der Waals surface area contributed by atoms with Crippen molar-refractivity contribution in [1.82, 2.24) is 9.38 Å². The van der Waals surface area contributed by atoms with Crippen molar-refractivity contribution in [3.8, 4) is 0 Å². The second-order valence-electron chi connectivity index (χ2n) is 2.25. The largest absolute Gasteiger partial charge is 0.304 e. The van der Waals surface area contributed by atoms with Crippen LogP contribution in [0.4, 0.5) is 0 Å². The monoisotopic (exact) mass is 131 g/mol. The summed E-state index contributed by atoms with van der Waals surface area (Å²) in [6.07, 6.45) is 3.82. The van der Waals surface area contributed by atoms with Gasteiger partial charge in [0.15, 0.2) is 0 Å². The van der Waals surface area contributed by atoms with E-state index in [1.807, 2.05) is 35.9 Å². The minimum atomic E-state index is 0.889. The van der Waals surface area contributed by atoms with Crippen LogP contribution >= 0.6 is 0 Å². The average molecular weight is 131 g/mol. The quantitative estimate of drug-likeness (QED) is 0.529. The van der Waals surface area contributed by atoms with E-state index in [0.29, 0.717) is 0 Å². The van der Waals surface area contributed by atoms with Gasteiger partial charge in [-0.3, -0.25) is 0 Å². The lowest BCUT2D eigenvalue weighted by Gasteiger charge is -1.91. The number of aryl methyl sites for hydroxylation is 1. The topological polar surface area (TPSA) is 17.3 Å². The Morgan fingerprint density at radius 1 is 1.60 bits per heavy atom. The number of imidazole rings is 1. The van der Waals surface area contributed by atoms with Crippen LogP contribution in [0.2, 0.25) is 0 Å². The lowest BCUT2D eigenvalue weighted by molar-refractivity contribution is 1.11. The van der Waals surface area contributed by atoms with E-state index in [-0.39, 0.29) is 0 Å². The van der Waals surface area contributed by atoms with Crippen molar-refractivity contribution in [3.05, 3.63) is 36.3 Å². The Balaban J connectivity index is 2.93. The van der Waals surface area contributed by atoms with Crippen LogP contribution in [0, 0.1) is 13.0 Å². The van der Waals surface area contributed by atoms with Gasteiger partial charge in [0.05, 0.1) is 0 Å². The molecule has 0 saturated carbocycles. The predicted molar refractivity (Wildman–Crippen MR) is 38.8 cm³/mol. The first-order valence-electron chi connectivity index (χ1n) is 3.18. The molecule has 2 heterocycles. The predicted octanol–water partition coefficient (Wildman–Crippen LogP) is 1.44. The molecule has 0 atom stereocenters. The lowest BCUT2D eigenvalue weighted by Crippen LogP contribution is -1.83. The van der Waals surface area contributed by atoms with Gasteiger partial charge in [-0.15, -0.1) is 0 Å². The molecule has 0 aliphatic rings. The highest BCUT2D eigenvalue weighted by Crippen LogP contribution is 2.02. The van der Waals surface area contributed by atoms with E-state index in [9.17, 15) is 0 Å². The van der Waals surface area contributed by atoms with Gasteiger partial charge < -0.3 is 4.40 Å². The van der Waals surface area contributed by atoms with E-state index < -0.39 is 0 Å². The fraction of sp³-hybridized carbons (Fsp3) is 0.125. The van der Waals surface area contributed by atoms with Crippen molar-refractivity contribution in [2.45, 2.75) is 6.92 Å². The minimum Gasteiger partial charge on any atom is -0.304 e. The first kappa shape index (κ1) is 5.47. The van der Waals surface area contributed by atoms with Gasteiger partial charge in [-0.2, -0.15) is 0 Å². The van der Waals surface area contributed by atoms with E-state index >= 15 is 0 Å². The molecule has 0 aliphatic heterocycles. The molecule has 2 aromatic rings. The van der Waals surface area contributed by atoms with Crippen molar-refractivity contribution in [3.63, 3.8) is 0 Å². The highest BCUT2D eigenvalue weighted by atomic mass is 15.0. The Hall–Kier alpha value is -1.31. The number of aromatic nitrogens is 2. The number of hydrogen-bond donors (Lipinski definition) is 0. The molecule has 0 spiro atoms. The zero-order valence-electron chi connectivity index (χ0n) is 5.70. The van der Waals surface area contributed by atoms with Gasteiger partial charge in [0.2, 0.25) is 0 Å². The molecular weight excluding hydrogens is 124 g/mol.